The number of ether oxygens (including phenoxy) is 4. The molecule has 0 bridgehead atoms. The van der Waals surface area contributed by atoms with Crippen molar-refractivity contribution in [2.45, 2.75) is 5.60 Å². The Balaban J connectivity index is 2.49. The van der Waals surface area contributed by atoms with Crippen molar-refractivity contribution < 1.29 is 24.1 Å². The Kier molecular flexibility index (Phi) is 3.13. The molecule has 0 aliphatic carbocycles. The minimum absolute atomic E-state index is 0.263. The molecule has 5 heteroatoms. The van der Waals surface area contributed by atoms with Crippen LogP contribution in [0.1, 0.15) is 5.56 Å². The van der Waals surface area contributed by atoms with Crippen LogP contribution in [0.4, 0.5) is 0 Å². The predicted molar refractivity (Wildman–Crippen MR) is 60.8 cm³/mol. The van der Waals surface area contributed by atoms with Gasteiger partial charge in [0.1, 0.15) is 11.4 Å². The van der Waals surface area contributed by atoms with Gasteiger partial charge in [0.25, 0.3) is 0 Å². The van der Waals surface area contributed by atoms with Gasteiger partial charge in [-0.3, -0.25) is 0 Å². The molecule has 1 aromatic carbocycles. The van der Waals surface area contributed by atoms with Crippen LogP contribution in [0.25, 0.3) is 0 Å². The molecular formula is C12H16O5. The van der Waals surface area contributed by atoms with Gasteiger partial charge in [0, 0.05) is 11.6 Å². The van der Waals surface area contributed by atoms with E-state index in [0.29, 0.717) is 22.8 Å². The monoisotopic (exact) mass is 240 g/mol. The number of hydrogen-bond donors (Lipinski definition) is 1. The minimum atomic E-state index is -0.995. The van der Waals surface area contributed by atoms with Crippen molar-refractivity contribution in [2.75, 3.05) is 34.5 Å². The van der Waals surface area contributed by atoms with Gasteiger partial charge in [-0.1, -0.05) is 0 Å². The molecule has 1 heterocycles. The Morgan fingerprint density at radius 1 is 1.00 bits per heavy atom. The van der Waals surface area contributed by atoms with Crippen molar-refractivity contribution in [3.05, 3.63) is 17.7 Å². The van der Waals surface area contributed by atoms with E-state index in [0.717, 1.165) is 0 Å². The maximum absolute atomic E-state index is 10.3. The van der Waals surface area contributed by atoms with Crippen LogP contribution < -0.4 is 14.2 Å². The lowest BCUT2D eigenvalue weighted by atomic mass is 9.91. The average molecular weight is 240 g/mol. The normalized spacial score (nSPS) is 17.2. The van der Waals surface area contributed by atoms with E-state index < -0.39 is 5.60 Å². The zero-order valence-corrected chi connectivity index (χ0v) is 10.1. The standard InChI is InChI=1S/C12H16O5/c1-14-9-5-11(16-3)10(15-2)4-8(9)12(13)6-17-7-12/h4-5,13H,6-7H2,1-3H3. The molecule has 1 aromatic rings. The number of aliphatic hydroxyl groups is 1. The second kappa shape index (κ2) is 4.43. The first-order valence-electron chi connectivity index (χ1n) is 5.25. The van der Waals surface area contributed by atoms with Crippen LogP contribution in [0.2, 0.25) is 0 Å². The van der Waals surface area contributed by atoms with Crippen LogP contribution in [0, 0.1) is 0 Å². The molecule has 1 aliphatic rings. The van der Waals surface area contributed by atoms with Crippen molar-refractivity contribution in [2.24, 2.45) is 0 Å². The number of rotatable bonds is 4. The topological polar surface area (TPSA) is 57.2 Å². The van der Waals surface area contributed by atoms with Crippen LogP contribution in [-0.4, -0.2) is 39.6 Å². The Bertz CT molecular complexity index is 412. The summed E-state index contributed by atoms with van der Waals surface area (Å²) in [6, 6.07) is 3.42. The van der Waals surface area contributed by atoms with Gasteiger partial charge in [0.2, 0.25) is 0 Å². The lowest BCUT2D eigenvalue weighted by Gasteiger charge is -2.37. The molecule has 17 heavy (non-hydrogen) atoms. The summed E-state index contributed by atoms with van der Waals surface area (Å²) in [7, 11) is 4.65. The van der Waals surface area contributed by atoms with Gasteiger partial charge in [-0.25, -0.2) is 0 Å². The molecular weight excluding hydrogens is 224 g/mol. The maximum atomic E-state index is 10.3. The van der Waals surface area contributed by atoms with E-state index in [-0.39, 0.29) is 13.2 Å². The summed E-state index contributed by atoms with van der Waals surface area (Å²) < 4.78 is 20.7. The third-order valence-corrected chi connectivity index (χ3v) is 2.89. The summed E-state index contributed by atoms with van der Waals surface area (Å²) in [5.74, 6) is 1.69. The first-order valence-corrected chi connectivity index (χ1v) is 5.25. The second-order valence-corrected chi connectivity index (χ2v) is 3.93. The minimum Gasteiger partial charge on any atom is -0.496 e. The highest BCUT2D eigenvalue weighted by Gasteiger charge is 2.41. The van der Waals surface area contributed by atoms with Crippen LogP contribution >= 0.6 is 0 Å². The van der Waals surface area contributed by atoms with E-state index in [9.17, 15) is 5.11 Å². The number of benzene rings is 1. The quantitative estimate of drug-likeness (QED) is 0.848. The van der Waals surface area contributed by atoms with Crippen molar-refractivity contribution in [1.82, 2.24) is 0 Å². The number of methoxy groups -OCH3 is 3. The van der Waals surface area contributed by atoms with Crippen molar-refractivity contribution >= 4 is 0 Å². The van der Waals surface area contributed by atoms with E-state index in [2.05, 4.69) is 0 Å². The Morgan fingerprint density at radius 3 is 1.94 bits per heavy atom. The van der Waals surface area contributed by atoms with Gasteiger partial charge in [0.15, 0.2) is 11.5 Å². The summed E-state index contributed by atoms with van der Waals surface area (Å²) in [6.07, 6.45) is 0. The predicted octanol–water partition coefficient (Wildman–Crippen LogP) is 0.930. The molecule has 0 radical (unpaired) electrons. The smallest absolute Gasteiger partial charge is 0.164 e. The molecule has 1 N–H and O–H groups in total. The fraction of sp³-hybridized carbons (Fsp3) is 0.500. The molecule has 0 saturated carbocycles. The van der Waals surface area contributed by atoms with Gasteiger partial charge in [-0.2, -0.15) is 0 Å². The van der Waals surface area contributed by atoms with E-state index in [1.165, 1.54) is 0 Å². The number of hydrogen-bond acceptors (Lipinski definition) is 5. The first kappa shape index (κ1) is 12.0. The lowest BCUT2D eigenvalue weighted by molar-refractivity contribution is -0.185. The van der Waals surface area contributed by atoms with Gasteiger partial charge in [-0.15, -0.1) is 0 Å². The van der Waals surface area contributed by atoms with Crippen molar-refractivity contribution in [3.8, 4) is 17.2 Å². The highest BCUT2D eigenvalue weighted by atomic mass is 16.5. The summed E-state index contributed by atoms with van der Waals surface area (Å²) in [5.41, 5.74) is -0.339. The first-order chi connectivity index (χ1) is 8.14. The highest BCUT2D eigenvalue weighted by Crippen LogP contribution is 2.42. The van der Waals surface area contributed by atoms with Crippen LogP contribution in [0.15, 0.2) is 12.1 Å². The van der Waals surface area contributed by atoms with Gasteiger partial charge < -0.3 is 24.1 Å². The van der Waals surface area contributed by atoms with E-state index >= 15 is 0 Å². The average Bonchev–Trinajstić information content (AvgIpc) is 2.34. The van der Waals surface area contributed by atoms with Crippen LogP contribution in [0.5, 0.6) is 17.2 Å². The molecule has 1 aliphatic heterocycles. The van der Waals surface area contributed by atoms with Gasteiger partial charge in [-0.05, 0) is 6.07 Å². The molecule has 94 valence electrons. The third kappa shape index (κ3) is 1.92. The summed E-state index contributed by atoms with van der Waals surface area (Å²) in [6.45, 7) is 0.525. The SMILES string of the molecule is COc1cc(OC)c(C2(O)COC2)cc1OC. The van der Waals surface area contributed by atoms with Crippen LogP contribution in [-0.2, 0) is 10.3 Å². The fourth-order valence-corrected chi connectivity index (χ4v) is 1.84. The van der Waals surface area contributed by atoms with Gasteiger partial charge in [0.05, 0.1) is 34.5 Å². The Hall–Kier alpha value is -1.46. The fourth-order valence-electron chi connectivity index (χ4n) is 1.84. The maximum Gasteiger partial charge on any atom is 0.164 e. The zero-order valence-electron chi connectivity index (χ0n) is 10.1. The largest absolute Gasteiger partial charge is 0.496 e. The molecule has 0 spiro atoms. The molecule has 0 amide bonds. The van der Waals surface area contributed by atoms with Crippen LogP contribution in [0.3, 0.4) is 0 Å². The lowest BCUT2D eigenvalue weighted by Crippen LogP contribution is -2.46. The van der Waals surface area contributed by atoms with Crippen molar-refractivity contribution in [3.63, 3.8) is 0 Å². The second-order valence-electron chi connectivity index (χ2n) is 3.93. The molecule has 0 unspecified atom stereocenters. The van der Waals surface area contributed by atoms with E-state index in [1.54, 1.807) is 33.5 Å². The summed E-state index contributed by atoms with van der Waals surface area (Å²) >= 11 is 0. The van der Waals surface area contributed by atoms with Gasteiger partial charge >= 0.3 is 0 Å². The molecule has 1 saturated heterocycles. The summed E-state index contributed by atoms with van der Waals surface area (Å²) in [5, 5.41) is 10.3. The van der Waals surface area contributed by atoms with E-state index in [1.807, 2.05) is 0 Å². The molecule has 1 fully saturated rings. The molecule has 5 nitrogen and oxygen atoms in total. The highest BCUT2D eigenvalue weighted by molar-refractivity contribution is 5.53. The third-order valence-electron chi connectivity index (χ3n) is 2.89. The van der Waals surface area contributed by atoms with E-state index in [4.69, 9.17) is 18.9 Å². The zero-order chi connectivity index (χ0) is 12.5. The molecule has 2 rings (SSSR count). The Labute approximate surface area is 99.9 Å². The molecule has 0 atom stereocenters. The van der Waals surface area contributed by atoms with Crippen molar-refractivity contribution in [1.29, 1.82) is 0 Å². The summed E-state index contributed by atoms with van der Waals surface area (Å²) in [4.78, 5) is 0. The molecule has 0 aromatic heterocycles. The Morgan fingerprint density at radius 2 is 1.53 bits per heavy atom.